The summed E-state index contributed by atoms with van der Waals surface area (Å²) < 4.78 is 1.50. The summed E-state index contributed by atoms with van der Waals surface area (Å²) in [5.41, 5.74) is -0.0772. The van der Waals surface area contributed by atoms with Crippen LogP contribution in [0.2, 0.25) is 0 Å². The third-order valence-electron chi connectivity index (χ3n) is 3.38. The Morgan fingerprint density at radius 3 is 2.90 bits per heavy atom. The second-order valence-electron chi connectivity index (χ2n) is 4.71. The lowest BCUT2D eigenvalue weighted by atomic mass is 10.1. The molecule has 0 aromatic carbocycles. The van der Waals surface area contributed by atoms with Gasteiger partial charge in [-0.2, -0.15) is 0 Å². The number of rotatable bonds is 6. The predicted octanol–water partition coefficient (Wildman–Crippen LogP) is 2.15. The van der Waals surface area contributed by atoms with Gasteiger partial charge in [0.25, 0.3) is 5.56 Å². The average molecular weight is 293 g/mol. The molecule has 6 heteroatoms. The van der Waals surface area contributed by atoms with E-state index in [2.05, 4.69) is 10.3 Å². The Balaban J connectivity index is 2.00. The van der Waals surface area contributed by atoms with Gasteiger partial charge in [-0.05, 0) is 24.3 Å². The zero-order chi connectivity index (χ0) is 14.5. The molecule has 0 unspecified atom stereocenters. The maximum absolute atomic E-state index is 12.1. The van der Waals surface area contributed by atoms with Crippen molar-refractivity contribution in [3.63, 3.8) is 0 Å². The summed E-state index contributed by atoms with van der Waals surface area (Å²) in [6.45, 7) is 4.46. The third-order valence-corrected chi connectivity index (χ3v) is 4.20. The number of carbonyl (C=O) groups excluding carboxylic acids is 1. The molecule has 0 saturated heterocycles. The topological polar surface area (TPSA) is 64.0 Å². The number of amides is 1. The molecule has 2 aromatic rings. The van der Waals surface area contributed by atoms with Gasteiger partial charge in [0.15, 0.2) is 0 Å². The van der Waals surface area contributed by atoms with Crippen molar-refractivity contribution in [1.82, 2.24) is 14.9 Å². The molecule has 0 atom stereocenters. The van der Waals surface area contributed by atoms with Gasteiger partial charge in [0, 0.05) is 19.0 Å². The van der Waals surface area contributed by atoms with E-state index in [9.17, 15) is 9.59 Å². The fourth-order valence-electron chi connectivity index (χ4n) is 2.07. The van der Waals surface area contributed by atoms with Gasteiger partial charge in [0.2, 0.25) is 5.91 Å². The van der Waals surface area contributed by atoms with Crippen molar-refractivity contribution in [2.24, 2.45) is 0 Å². The van der Waals surface area contributed by atoms with E-state index in [0.29, 0.717) is 18.4 Å². The molecule has 5 nitrogen and oxygen atoms in total. The van der Waals surface area contributed by atoms with Crippen LogP contribution < -0.4 is 10.9 Å². The maximum atomic E-state index is 12.1. The fraction of sp³-hybridized carbons (Fsp3) is 0.500. The minimum absolute atomic E-state index is 0.0176. The summed E-state index contributed by atoms with van der Waals surface area (Å²) in [6, 6.07) is 1.99. The predicted molar refractivity (Wildman–Crippen MR) is 81.0 cm³/mol. The molecule has 20 heavy (non-hydrogen) atoms. The van der Waals surface area contributed by atoms with Crippen molar-refractivity contribution < 1.29 is 4.79 Å². The van der Waals surface area contributed by atoms with Crippen LogP contribution in [-0.4, -0.2) is 21.5 Å². The number of aryl methyl sites for hydroxylation is 1. The first-order valence-corrected chi connectivity index (χ1v) is 7.75. The second-order valence-corrected chi connectivity index (χ2v) is 5.61. The van der Waals surface area contributed by atoms with Crippen molar-refractivity contribution in [2.75, 3.05) is 0 Å². The summed E-state index contributed by atoms with van der Waals surface area (Å²) in [5, 5.41) is 5.44. The molecule has 2 rings (SSSR count). The van der Waals surface area contributed by atoms with Gasteiger partial charge in [0.1, 0.15) is 4.83 Å². The molecule has 0 radical (unpaired) electrons. The average Bonchev–Trinajstić information content (AvgIpc) is 2.93. The fourth-order valence-corrected chi connectivity index (χ4v) is 2.79. The molecule has 1 N–H and O–H groups in total. The number of carbonyl (C=O) groups is 1. The zero-order valence-electron chi connectivity index (χ0n) is 11.8. The van der Waals surface area contributed by atoms with E-state index >= 15 is 0 Å². The second kappa shape index (κ2) is 6.65. The summed E-state index contributed by atoms with van der Waals surface area (Å²) in [7, 11) is 0. The lowest BCUT2D eigenvalue weighted by Crippen LogP contribution is -2.35. The summed E-state index contributed by atoms with van der Waals surface area (Å²) >= 11 is 1.45. The molecule has 2 heterocycles. The molecule has 0 bridgehead atoms. The first-order chi connectivity index (χ1) is 9.65. The van der Waals surface area contributed by atoms with Crippen molar-refractivity contribution in [3.8, 4) is 0 Å². The monoisotopic (exact) mass is 293 g/mol. The van der Waals surface area contributed by atoms with Crippen LogP contribution in [0, 0.1) is 0 Å². The van der Waals surface area contributed by atoms with Crippen LogP contribution in [0.25, 0.3) is 10.2 Å². The zero-order valence-corrected chi connectivity index (χ0v) is 12.6. The third kappa shape index (κ3) is 3.25. The van der Waals surface area contributed by atoms with Gasteiger partial charge < -0.3 is 5.32 Å². The van der Waals surface area contributed by atoms with E-state index in [1.807, 2.05) is 19.2 Å². The van der Waals surface area contributed by atoms with E-state index < -0.39 is 0 Å². The molecule has 1 amide bonds. The number of nitrogens with one attached hydrogen (secondary N) is 1. The molecular weight excluding hydrogens is 274 g/mol. The minimum atomic E-state index is -0.0772. The van der Waals surface area contributed by atoms with E-state index in [0.717, 1.165) is 17.7 Å². The van der Waals surface area contributed by atoms with E-state index in [-0.39, 0.29) is 17.5 Å². The highest BCUT2D eigenvalue weighted by Gasteiger charge is 2.10. The molecule has 0 aliphatic carbocycles. The van der Waals surface area contributed by atoms with Crippen LogP contribution in [0.1, 0.15) is 33.1 Å². The Morgan fingerprint density at radius 2 is 2.20 bits per heavy atom. The van der Waals surface area contributed by atoms with E-state index in [4.69, 9.17) is 0 Å². The standard InChI is InChI=1S/C14H19N3O2S/c1-3-10(4-2)16-12(18)5-7-17-9-15-13-11(14(17)19)6-8-20-13/h6,8-10H,3-5,7H2,1-2H3,(H,16,18). The number of aromatic nitrogens is 2. The minimum Gasteiger partial charge on any atom is -0.353 e. The molecule has 0 aliphatic rings. The highest BCUT2D eigenvalue weighted by atomic mass is 32.1. The molecule has 0 fully saturated rings. The number of fused-ring (bicyclic) bond motifs is 1. The van der Waals surface area contributed by atoms with Gasteiger partial charge in [-0.3, -0.25) is 14.2 Å². The van der Waals surface area contributed by atoms with Crippen molar-refractivity contribution in [2.45, 2.75) is 45.7 Å². The molecule has 0 aliphatic heterocycles. The molecular formula is C14H19N3O2S. The van der Waals surface area contributed by atoms with Crippen LogP contribution in [-0.2, 0) is 11.3 Å². The lowest BCUT2D eigenvalue weighted by molar-refractivity contribution is -0.122. The Kier molecular flexibility index (Phi) is 4.89. The molecule has 108 valence electrons. The van der Waals surface area contributed by atoms with Crippen LogP contribution in [0.3, 0.4) is 0 Å². The first-order valence-electron chi connectivity index (χ1n) is 6.87. The first kappa shape index (κ1) is 14.7. The maximum Gasteiger partial charge on any atom is 0.262 e. The lowest BCUT2D eigenvalue weighted by Gasteiger charge is -2.14. The number of hydrogen-bond donors (Lipinski definition) is 1. The van der Waals surface area contributed by atoms with Gasteiger partial charge >= 0.3 is 0 Å². The van der Waals surface area contributed by atoms with Crippen LogP contribution >= 0.6 is 11.3 Å². The van der Waals surface area contributed by atoms with Crippen molar-refractivity contribution in [3.05, 3.63) is 28.1 Å². The van der Waals surface area contributed by atoms with Crippen LogP contribution in [0.4, 0.5) is 0 Å². The Hall–Kier alpha value is -1.69. The van der Waals surface area contributed by atoms with Gasteiger partial charge in [-0.25, -0.2) is 4.98 Å². The number of thiophene rings is 1. The summed E-state index contributed by atoms with van der Waals surface area (Å²) in [6.07, 6.45) is 3.66. The summed E-state index contributed by atoms with van der Waals surface area (Å²) in [5.74, 6) is -0.0176. The van der Waals surface area contributed by atoms with Gasteiger partial charge in [-0.15, -0.1) is 11.3 Å². The number of nitrogens with zero attached hydrogens (tertiary/aromatic N) is 2. The Morgan fingerprint density at radius 1 is 1.45 bits per heavy atom. The number of hydrogen-bond acceptors (Lipinski definition) is 4. The van der Waals surface area contributed by atoms with Gasteiger partial charge in [0.05, 0.1) is 11.7 Å². The normalized spacial score (nSPS) is 11.2. The molecule has 2 aromatic heterocycles. The summed E-state index contributed by atoms with van der Waals surface area (Å²) in [4.78, 5) is 28.9. The van der Waals surface area contributed by atoms with E-state index in [1.165, 1.54) is 22.2 Å². The highest BCUT2D eigenvalue weighted by molar-refractivity contribution is 7.16. The van der Waals surface area contributed by atoms with Crippen molar-refractivity contribution in [1.29, 1.82) is 0 Å². The van der Waals surface area contributed by atoms with Crippen LogP contribution in [0.5, 0.6) is 0 Å². The molecule has 0 saturated carbocycles. The quantitative estimate of drug-likeness (QED) is 0.887. The van der Waals surface area contributed by atoms with E-state index in [1.54, 1.807) is 6.07 Å². The Bertz CT molecular complexity index is 643. The van der Waals surface area contributed by atoms with Crippen LogP contribution in [0.15, 0.2) is 22.6 Å². The van der Waals surface area contributed by atoms with Crippen molar-refractivity contribution >= 4 is 27.5 Å². The smallest absolute Gasteiger partial charge is 0.262 e. The molecule has 0 spiro atoms. The highest BCUT2D eigenvalue weighted by Crippen LogP contribution is 2.13. The SMILES string of the molecule is CCC(CC)NC(=O)CCn1cnc2sccc2c1=O. The Labute approximate surface area is 121 Å². The largest absolute Gasteiger partial charge is 0.353 e. The van der Waals surface area contributed by atoms with Gasteiger partial charge in [-0.1, -0.05) is 13.8 Å².